The minimum absolute atomic E-state index is 0.340. The van der Waals surface area contributed by atoms with Gasteiger partial charge in [0.25, 0.3) is 11.8 Å². The molecule has 2 aromatic carbocycles. The molecule has 96 valence electrons. The number of ether oxygens (including phenoxy) is 2. The highest BCUT2D eigenvalue weighted by molar-refractivity contribution is 6.27. The molecule has 5 nitrogen and oxygen atoms in total. The Kier molecular flexibility index (Phi) is 2.41. The summed E-state index contributed by atoms with van der Waals surface area (Å²) in [5, 5.41) is 3.69. The average molecular weight is 257 g/mol. The second-order valence-electron chi connectivity index (χ2n) is 4.17. The number of imide groups is 1. The van der Waals surface area contributed by atoms with Crippen molar-refractivity contribution < 1.29 is 19.1 Å². The van der Waals surface area contributed by atoms with Crippen molar-refractivity contribution in [3.63, 3.8) is 0 Å². The third kappa shape index (κ3) is 1.48. The molecule has 0 aliphatic carbocycles. The standard InChI is InChI=1S/C14H11NO4/c1-18-9-6-7-4-3-5-8-10(7)11(12(9)19-2)14(17)15-13(8)16/h3-6H,1-2H3,(H,15,16,17). The summed E-state index contributed by atoms with van der Waals surface area (Å²) in [5.41, 5.74) is 0.806. The zero-order chi connectivity index (χ0) is 13.6. The maximum absolute atomic E-state index is 12.1. The van der Waals surface area contributed by atoms with Crippen LogP contribution in [0.2, 0.25) is 0 Å². The fourth-order valence-electron chi connectivity index (χ4n) is 2.41. The predicted octanol–water partition coefficient (Wildman–Crippen LogP) is 1.74. The highest BCUT2D eigenvalue weighted by Gasteiger charge is 2.30. The first-order valence-electron chi connectivity index (χ1n) is 5.70. The second-order valence-corrected chi connectivity index (χ2v) is 4.17. The lowest BCUT2D eigenvalue weighted by Crippen LogP contribution is -2.35. The highest BCUT2D eigenvalue weighted by atomic mass is 16.5. The van der Waals surface area contributed by atoms with Gasteiger partial charge >= 0.3 is 0 Å². The minimum atomic E-state index is -0.468. The molecule has 0 spiro atoms. The first kappa shape index (κ1) is 11.5. The molecule has 0 saturated carbocycles. The summed E-state index contributed by atoms with van der Waals surface area (Å²) >= 11 is 0. The molecule has 0 saturated heterocycles. The quantitative estimate of drug-likeness (QED) is 0.832. The molecule has 1 aliphatic rings. The summed E-state index contributed by atoms with van der Waals surface area (Å²) in [4.78, 5) is 23.9. The van der Waals surface area contributed by atoms with Crippen LogP contribution in [0.5, 0.6) is 11.5 Å². The van der Waals surface area contributed by atoms with E-state index in [0.717, 1.165) is 5.39 Å². The van der Waals surface area contributed by atoms with Crippen molar-refractivity contribution in [3.05, 3.63) is 35.4 Å². The number of rotatable bonds is 2. The van der Waals surface area contributed by atoms with Crippen LogP contribution in [-0.2, 0) is 0 Å². The number of carbonyl (C=O) groups excluding carboxylic acids is 2. The molecule has 1 N–H and O–H groups in total. The van der Waals surface area contributed by atoms with Gasteiger partial charge in [0, 0.05) is 10.9 Å². The lowest BCUT2D eigenvalue weighted by molar-refractivity contribution is 0.0843. The molecule has 3 rings (SSSR count). The third-order valence-electron chi connectivity index (χ3n) is 3.21. The van der Waals surface area contributed by atoms with E-state index in [1.165, 1.54) is 14.2 Å². The topological polar surface area (TPSA) is 64.6 Å². The van der Waals surface area contributed by atoms with Crippen molar-refractivity contribution in [2.24, 2.45) is 0 Å². The van der Waals surface area contributed by atoms with E-state index in [1.807, 2.05) is 6.07 Å². The normalized spacial score (nSPS) is 13.4. The summed E-state index contributed by atoms with van der Waals surface area (Å²) in [6.07, 6.45) is 0. The Morgan fingerprint density at radius 3 is 2.53 bits per heavy atom. The van der Waals surface area contributed by atoms with Gasteiger partial charge in [-0.2, -0.15) is 0 Å². The van der Waals surface area contributed by atoms with Crippen molar-refractivity contribution in [3.8, 4) is 11.5 Å². The van der Waals surface area contributed by atoms with Gasteiger partial charge in [-0.25, -0.2) is 0 Å². The van der Waals surface area contributed by atoms with Gasteiger partial charge in [0.1, 0.15) is 0 Å². The summed E-state index contributed by atoms with van der Waals surface area (Å²) in [6.45, 7) is 0. The first-order valence-corrected chi connectivity index (χ1v) is 5.70. The van der Waals surface area contributed by atoms with Crippen LogP contribution in [0.25, 0.3) is 10.8 Å². The molecule has 0 bridgehead atoms. The summed E-state index contributed by atoms with van der Waals surface area (Å²) in [7, 11) is 2.97. The van der Waals surface area contributed by atoms with Crippen LogP contribution in [0, 0.1) is 0 Å². The van der Waals surface area contributed by atoms with E-state index in [0.29, 0.717) is 28.0 Å². The Hall–Kier alpha value is -2.56. The average Bonchev–Trinajstić information content (AvgIpc) is 2.42. The van der Waals surface area contributed by atoms with Crippen LogP contribution in [-0.4, -0.2) is 26.0 Å². The number of hydrogen-bond donors (Lipinski definition) is 1. The number of hydrogen-bond acceptors (Lipinski definition) is 4. The number of carbonyl (C=O) groups is 2. The van der Waals surface area contributed by atoms with Crippen molar-refractivity contribution >= 4 is 22.6 Å². The molecular formula is C14H11NO4. The van der Waals surface area contributed by atoms with E-state index >= 15 is 0 Å². The van der Waals surface area contributed by atoms with Crippen LogP contribution >= 0.6 is 0 Å². The SMILES string of the molecule is COc1cc2cccc3c2c(c1OC)C(=O)NC3=O. The fraction of sp³-hybridized carbons (Fsp3) is 0.143. The Bertz CT molecular complexity index is 721. The molecule has 2 amide bonds. The fourth-order valence-corrected chi connectivity index (χ4v) is 2.41. The Morgan fingerprint density at radius 1 is 1.05 bits per heavy atom. The van der Waals surface area contributed by atoms with Crippen molar-refractivity contribution in [2.45, 2.75) is 0 Å². The number of methoxy groups -OCH3 is 2. The summed E-state index contributed by atoms with van der Waals surface area (Å²) in [6, 6.07) is 7.03. The van der Waals surface area contributed by atoms with Gasteiger partial charge in [0.05, 0.1) is 19.8 Å². The Balaban J connectivity index is 2.53. The van der Waals surface area contributed by atoms with Crippen LogP contribution in [0.4, 0.5) is 0 Å². The molecule has 2 aromatic rings. The molecule has 0 atom stereocenters. The third-order valence-corrected chi connectivity index (χ3v) is 3.21. The predicted molar refractivity (Wildman–Crippen MR) is 68.8 cm³/mol. The van der Waals surface area contributed by atoms with Gasteiger partial charge in [0.15, 0.2) is 11.5 Å². The molecule has 1 aliphatic heterocycles. The first-order chi connectivity index (χ1) is 9.17. The van der Waals surface area contributed by atoms with Gasteiger partial charge in [0.2, 0.25) is 0 Å². The van der Waals surface area contributed by atoms with Crippen LogP contribution in [0.15, 0.2) is 24.3 Å². The summed E-state index contributed by atoms with van der Waals surface area (Å²) in [5.74, 6) is -0.0566. The van der Waals surface area contributed by atoms with Gasteiger partial charge in [-0.1, -0.05) is 12.1 Å². The lowest BCUT2D eigenvalue weighted by atomic mass is 9.94. The van der Waals surface area contributed by atoms with E-state index in [-0.39, 0.29) is 0 Å². The smallest absolute Gasteiger partial charge is 0.262 e. The lowest BCUT2D eigenvalue weighted by Gasteiger charge is -2.20. The van der Waals surface area contributed by atoms with Gasteiger partial charge in [-0.15, -0.1) is 0 Å². The molecule has 0 radical (unpaired) electrons. The molecule has 5 heteroatoms. The highest BCUT2D eigenvalue weighted by Crippen LogP contribution is 2.40. The molecule has 19 heavy (non-hydrogen) atoms. The van der Waals surface area contributed by atoms with Crippen molar-refractivity contribution in [2.75, 3.05) is 14.2 Å². The number of benzene rings is 2. The van der Waals surface area contributed by atoms with Gasteiger partial charge < -0.3 is 9.47 Å². The van der Waals surface area contributed by atoms with E-state index in [9.17, 15) is 9.59 Å². The van der Waals surface area contributed by atoms with E-state index < -0.39 is 11.8 Å². The summed E-state index contributed by atoms with van der Waals surface area (Å²) < 4.78 is 10.5. The minimum Gasteiger partial charge on any atom is -0.493 e. The maximum Gasteiger partial charge on any atom is 0.262 e. The van der Waals surface area contributed by atoms with Crippen molar-refractivity contribution in [1.82, 2.24) is 5.32 Å². The molecular weight excluding hydrogens is 246 g/mol. The largest absolute Gasteiger partial charge is 0.493 e. The number of amides is 2. The maximum atomic E-state index is 12.1. The monoisotopic (exact) mass is 257 g/mol. The number of nitrogens with one attached hydrogen (secondary N) is 1. The zero-order valence-electron chi connectivity index (χ0n) is 10.4. The van der Waals surface area contributed by atoms with Crippen LogP contribution < -0.4 is 14.8 Å². The molecule has 1 heterocycles. The molecule has 0 unspecified atom stereocenters. The Labute approximate surface area is 109 Å². The molecule has 0 aromatic heterocycles. The van der Waals surface area contributed by atoms with E-state index in [4.69, 9.17) is 9.47 Å². The van der Waals surface area contributed by atoms with E-state index in [2.05, 4.69) is 5.32 Å². The Morgan fingerprint density at radius 2 is 1.84 bits per heavy atom. The van der Waals surface area contributed by atoms with Crippen LogP contribution in [0.1, 0.15) is 20.7 Å². The van der Waals surface area contributed by atoms with Crippen molar-refractivity contribution in [1.29, 1.82) is 0 Å². The van der Waals surface area contributed by atoms with Crippen LogP contribution in [0.3, 0.4) is 0 Å². The second kappa shape index (κ2) is 3.98. The van der Waals surface area contributed by atoms with Gasteiger partial charge in [-0.3, -0.25) is 14.9 Å². The van der Waals surface area contributed by atoms with E-state index in [1.54, 1.807) is 18.2 Å². The molecule has 0 fully saturated rings. The van der Waals surface area contributed by atoms with Gasteiger partial charge in [-0.05, 0) is 17.5 Å². The zero-order valence-corrected chi connectivity index (χ0v) is 10.4.